The number of nitrogens with one attached hydrogen (secondary N) is 2. The molecule has 21 heavy (non-hydrogen) atoms. The average Bonchev–Trinajstić information content (AvgIpc) is 2.89. The predicted octanol–water partition coefficient (Wildman–Crippen LogP) is 2.78. The lowest BCUT2D eigenvalue weighted by Crippen LogP contribution is -2.35. The number of carbonyl (C=O) groups excluding carboxylic acids is 1. The molecule has 1 amide bonds. The lowest BCUT2D eigenvalue weighted by atomic mass is 10.1. The largest absolute Gasteiger partial charge is 0.372 e. The van der Waals surface area contributed by atoms with E-state index in [-0.39, 0.29) is 11.9 Å². The molecule has 0 unspecified atom stereocenters. The van der Waals surface area contributed by atoms with E-state index in [0.717, 1.165) is 17.3 Å². The summed E-state index contributed by atoms with van der Waals surface area (Å²) < 4.78 is 0.793. The van der Waals surface area contributed by atoms with Crippen LogP contribution >= 0.6 is 15.9 Å². The van der Waals surface area contributed by atoms with Gasteiger partial charge in [-0.1, -0.05) is 24.3 Å². The van der Waals surface area contributed by atoms with Crippen molar-refractivity contribution in [2.75, 3.05) is 12.4 Å². The Morgan fingerprint density at radius 3 is 2.57 bits per heavy atom. The molecule has 108 valence electrons. The van der Waals surface area contributed by atoms with Gasteiger partial charge in [-0.3, -0.25) is 4.79 Å². The van der Waals surface area contributed by atoms with Crippen LogP contribution in [0.2, 0.25) is 0 Å². The smallest absolute Gasteiger partial charge is 0.255 e. The first kappa shape index (κ1) is 14.1. The summed E-state index contributed by atoms with van der Waals surface area (Å²) in [5.74, 6) is 0.497. The molecule has 0 atom stereocenters. The molecule has 1 aliphatic carbocycles. The van der Waals surface area contributed by atoms with E-state index in [1.165, 1.54) is 11.1 Å². The fraction of sp³-hybridized carbons (Fsp3) is 0.250. The third-order valence-corrected chi connectivity index (χ3v) is 4.16. The summed E-state index contributed by atoms with van der Waals surface area (Å²) in [5.41, 5.74) is 3.20. The van der Waals surface area contributed by atoms with Crippen LogP contribution < -0.4 is 10.6 Å². The summed E-state index contributed by atoms with van der Waals surface area (Å²) in [4.78, 5) is 16.7. The lowest BCUT2D eigenvalue weighted by molar-refractivity contribution is 0.0939. The number of fused-ring (bicyclic) bond motifs is 1. The highest BCUT2D eigenvalue weighted by Gasteiger charge is 2.24. The Morgan fingerprint density at radius 2 is 1.95 bits per heavy atom. The normalized spacial score (nSPS) is 13.8. The summed E-state index contributed by atoms with van der Waals surface area (Å²) in [6.07, 6.45) is 3.45. The number of pyridine rings is 1. The number of amides is 1. The highest BCUT2D eigenvalue weighted by molar-refractivity contribution is 9.10. The Bertz CT molecular complexity index is 662. The third-order valence-electron chi connectivity index (χ3n) is 3.72. The van der Waals surface area contributed by atoms with Gasteiger partial charge < -0.3 is 10.6 Å². The van der Waals surface area contributed by atoms with Gasteiger partial charge in [0.05, 0.1) is 5.56 Å². The molecule has 0 bridgehead atoms. The number of nitrogens with zero attached hydrogens (tertiary/aromatic N) is 1. The van der Waals surface area contributed by atoms with Crippen LogP contribution in [0.15, 0.2) is 41.0 Å². The molecule has 0 aliphatic heterocycles. The maximum Gasteiger partial charge on any atom is 0.255 e. The minimum Gasteiger partial charge on any atom is -0.372 e. The molecule has 2 aromatic rings. The molecular weight excluding hydrogens is 330 g/mol. The van der Waals surface area contributed by atoms with Crippen LogP contribution in [0.25, 0.3) is 0 Å². The summed E-state index contributed by atoms with van der Waals surface area (Å²) in [5, 5.41) is 6.06. The SMILES string of the molecule is CNc1ncc(Br)cc1C(=O)NC1Cc2ccccc2C1. The molecule has 0 fully saturated rings. The molecule has 5 heteroatoms. The maximum atomic E-state index is 12.5. The first-order valence-corrected chi connectivity index (χ1v) is 7.67. The summed E-state index contributed by atoms with van der Waals surface area (Å²) in [7, 11) is 1.76. The Hall–Kier alpha value is -1.88. The summed E-state index contributed by atoms with van der Waals surface area (Å²) in [6.45, 7) is 0. The highest BCUT2D eigenvalue weighted by Crippen LogP contribution is 2.23. The third kappa shape index (κ3) is 2.93. The van der Waals surface area contributed by atoms with Crippen LogP contribution in [0.1, 0.15) is 21.5 Å². The number of hydrogen-bond acceptors (Lipinski definition) is 3. The summed E-state index contributed by atoms with van der Waals surface area (Å²) >= 11 is 3.36. The van der Waals surface area contributed by atoms with Gasteiger partial charge in [-0.15, -0.1) is 0 Å². The first-order chi connectivity index (χ1) is 10.2. The number of benzene rings is 1. The lowest BCUT2D eigenvalue weighted by Gasteiger charge is -2.14. The molecule has 1 heterocycles. The van der Waals surface area contributed by atoms with Gasteiger partial charge >= 0.3 is 0 Å². The molecule has 4 nitrogen and oxygen atoms in total. The fourth-order valence-electron chi connectivity index (χ4n) is 2.74. The van der Waals surface area contributed by atoms with Crippen molar-refractivity contribution in [1.29, 1.82) is 0 Å². The molecular formula is C16H16BrN3O. The topological polar surface area (TPSA) is 54.0 Å². The van der Waals surface area contributed by atoms with Gasteiger partial charge in [0.15, 0.2) is 0 Å². The molecule has 0 spiro atoms. The molecule has 2 N–H and O–H groups in total. The molecule has 0 saturated carbocycles. The monoisotopic (exact) mass is 345 g/mol. The van der Waals surface area contributed by atoms with Crippen molar-refractivity contribution < 1.29 is 4.79 Å². The van der Waals surface area contributed by atoms with Gasteiger partial charge in [-0.05, 0) is 46.0 Å². The second-order valence-electron chi connectivity index (χ2n) is 5.15. The Labute approximate surface area is 132 Å². The quantitative estimate of drug-likeness (QED) is 0.899. The van der Waals surface area contributed by atoms with E-state index >= 15 is 0 Å². The Kier molecular flexibility index (Phi) is 3.92. The minimum atomic E-state index is -0.0917. The standard InChI is InChI=1S/C16H16BrN3O/c1-18-15-14(8-12(17)9-19-15)16(21)20-13-6-10-4-2-3-5-11(10)7-13/h2-5,8-9,13H,6-7H2,1H3,(H,18,19)(H,20,21). The van der Waals surface area contributed by atoms with Crippen LogP contribution in [-0.2, 0) is 12.8 Å². The van der Waals surface area contributed by atoms with E-state index in [0.29, 0.717) is 11.4 Å². The molecule has 0 radical (unpaired) electrons. The zero-order chi connectivity index (χ0) is 14.8. The second kappa shape index (κ2) is 5.85. The van der Waals surface area contributed by atoms with Crippen molar-refractivity contribution >= 4 is 27.7 Å². The number of hydrogen-bond donors (Lipinski definition) is 2. The van der Waals surface area contributed by atoms with E-state index in [9.17, 15) is 4.79 Å². The van der Waals surface area contributed by atoms with Gasteiger partial charge in [-0.2, -0.15) is 0 Å². The molecule has 1 aliphatic rings. The van der Waals surface area contributed by atoms with Crippen molar-refractivity contribution in [3.63, 3.8) is 0 Å². The number of aromatic nitrogens is 1. The number of rotatable bonds is 3. The van der Waals surface area contributed by atoms with E-state index in [1.54, 1.807) is 19.3 Å². The van der Waals surface area contributed by atoms with Crippen molar-refractivity contribution in [2.45, 2.75) is 18.9 Å². The zero-order valence-electron chi connectivity index (χ0n) is 11.7. The van der Waals surface area contributed by atoms with Gasteiger partial charge in [-0.25, -0.2) is 4.98 Å². The van der Waals surface area contributed by atoms with E-state index in [1.807, 2.05) is 12.1 Å². The Morgan fingerprint density at radius 1 is 1.29 bits per heavy atom. The van der Waals surface area contributed by atoms with Crippen LogP contribution in [0.3, 0.4) is 0 Å². The zero-order valence-corrected chi connectivity index (χ0v) is 13.3. The van der Waals surface area contributed by atoms with Gasteiger partial charge in [0, 0.05) is 23.8 Å². The molecule has 1 aromatic heterocycles. The van der Waals surface area contributed by atoms with Crippen LogP contribution in [0, 0.1) is 0 Å². The highest BCUT2D eigenvalue weighted by atomic mass is 79.9. The molecule has 1 aromatic carbocycles. The van der Waals surface area contributed by atoms with Crippen LogP contribution in [0.4, 0.5) is 5.82 Å². The molecule has 0 saturated heterocycles. The van der Waals surface area contributed by atoms with E-state index in [4.69, 9.17) is 0 Å². The first-order valence-electron chi connectivity index (χ1n) is 6.88. The Balaban J connectivity index is 1.75. The van der Waals surface area contributed by atoms with E-state index in [2.05, 4.69) is 43.7 Å². The second-order valence-corrected chi connectivity index (χ2v) is 6.06. The predicted molar refractivity (Wildman–Crippen MR) is 86.6 cm³/mol. The number of halogens is 1. The van der Waals surface area contributed by atoms with Crippen molar-refractivity contribution in [2.24, 2.45) is 0 Å². The van der Waals surface area contributed by atoms with Crippen LogP contribution in [-0.4, -0.2) is 24.0 Å². The van der Waals surface area contributed by atoms with Crippen molar-refractivity contribution in [3.8, 4) is 0 Å². The average molecular weight is 346 g/mol. The summed E-state index contributed by atoms with van der Waals surface area (Å²) in [6, 6.07) is 10.3. The minimum absolute atomic E-state index is 0.0917. The van der Waals surface area contributed by atoms with Gasteiger partial charge in [0.1, 0.15) is 5.82 Å². The maximum absolute atomic E-state index is 12.5. The molecule has 3 rings (SSSR count). The van der Waals surface area contributed by atoms with Gasteiger partial charge in [0.25, 0.3) is 5.91 Å². The van der Waals surface area contributed by atoms with Crippen molar-refractivity contribution in [1.82, 2.24) is 10.3 Å². The number of carbonyl (C=O) groups is 1. The fourth-order valence-corrected chi connectivity index (χ4v) is 3.07. The number of anilines is 1. The van der Waals surface area contributed by atoms with Crippen LogP contribution in [0.5, 0.6) is 0 Å². The van der Waals surface area contributed by atoms with E-state index < -0.39 is 0 Å². The van der Waals surface area contributed by atoms with Crippen molar-refractivity contribution in [3.05, 3.63) is 57.7 Å². The van der Waals surface area contributed by atoms with Gasteiger partial charge in [0.2, 0.25) is 0 Å².